The molecular weight excluding hydrogens is 331 g/mol. The number of benzene rings is 1. The Kier molecular flexibility index (Phi) is 5.96. The normalized spacial score (nSPS) is 12.7. The van der Waals surface area contributed by atoms with E-state index >= 15 is 0 Å². The molecule has 0 spiro atoms. The summed E-state index contributed by atoms with van der Waals surface area (Å²) in [5, 5.41) is 7.40. The molecule has 0 aliphatic heterocycles. The highest BCUT2D eigenvalue weighted by Gasteiger charge is 2.21. The molecule has 2 aromatic rings. The summed E-state index contributed by atoms with van der Waals surface area (Å²) >= 11 is 6.05. The topological polar surface area (TPSA) is 50.2 Å². The molecule has 1 N–H and O–H groups in total. The third kappa shape index (κ3) is 4.13. The van der Waals surface area contributed by atoms with E-state index in [1.807, 2.05) is 13.8 Å². The first-order valence-electron chi connectivity index (χ1n) is 7.78. The van der Waals surface area contributed by atoms with Crippen LogP contribution in [0.1, 0.15) is 32.4 Å². The van der Waals surface area contributed by atoms with Crippen molar-refractivity contribution in [1.29, 1.82) is 0 Å². The average molecular weight is 353 g/mol. The fraction of sp³-hybridized carbons (Fsp3) is 0.412. The summed E-state index contributed by atoms with van der Waals surface area (Å²) in [5.41, 5.74) is 0.383. The van der Waals surface area contributed by atoms with Gasteiger partial charge < -0.3 is 5.32 Å². The molecule has 130 valence electrons. The van der Waals surface area contributed by atoms with Crippen molar-refractivity contribution in [3.8, 4) is 0 Å². The molecule has 5 nitrogen and oxygen atoms in total. The molecule has 1 heterocycles. The Balaban J connectivity index is 2.06. The molecule has 1 aromatic carbocycles. The van der Waals surface area contributed by atoms with Gasteiger partial charge >= 0.3 is 0 Å². The van der Waals surface area contributed by atoms with Crippen LogP contribution >= 0.6 is 11.6 Å². The Labute approximate surface area is 146 Å². The van der Waals surface area contributed by atoms with Crippen LogP contribution in [0.2, 0.25) is 5.02 Å². The molecule has 0 bridgehead atoms. The number of halogens is 2. The van der Waals surface area contributed by atoms with Gasteiger partial charge in [0.15, 0.2) is 0 Å². The molecule has 0 saturated heterocycles. The second-order valence-electron chi connectivity index (χ2n) is 6.04. The highest BCUT2D eigenvalue weighted by atomic mass is 35.5. The molecule has 2 rings (SSSR count). The van der Waals surface area contributed by atoms with Crippen LogP contribution in [0.3, 0.4) is 0 Å². The summed E-state index contributed by atoms with van der Waals surface area (Å²) in [7, 11) is 1.76. The van der Waals surface area contributed by atoms with E-state index in [4.69, 9.17) is 11.6 Å². The largest absolute Gasteiger partial charge is 0.310 e. The molecule has 0 radical (unpaired) electrons. The molecule has 0 unspecified atom stereocenters. The average Bonchev–Trinajstić information content (AvgIpc) is 2.98. The van der Waals surface area contributed by atoms with E-state index in [1.165, 1.54) is 6.07 Å². The maximum absolute atomic E-state index is 13.9. The number of carbonyl (C=O) groups excluding carboxylic acids is 1. The minimum absolute atomic E-state index is 0.139. The monoisotopic (exact) mass is 352 g/mol. The van der Waals surface area contributed by atoms with Crippen LogP contribution < -0.4 is 5.32 Å². The van der Waals surface area contributed by atoms with Gasteiger partial charge in [-0.15, -0.1) is 0 Å². The van der Waals surface area contributed by atoms with E-state index in [2.05, 4.69) is 10.4 Å². The van der Waals surface area contributed by atoms with E-state index < -0.39 is 6.04 Å². The maximum Gasteiger partial charge on any atom is 0.242 e. The zero-order valence-electron chi connectivity index (χ0n) is 14.3. The van der Waals surface area contributed by atoms with Gasteiger partial charge in [-0.25, -0.2) is 9.07 Å². The van der Waals surface area contributed by atoms with Crippen LogP contribution in [-0.4, -0.2) is 33.7 Å². The van der Waals surface area contributed by atoms with Crippen molar-refractivity contribution in [3.05, 3.63) is 46.9 Å². The summed E-state index contributed by atoms with van der Waals surface area (Å²) < 4.78 is 15.6. The Morgan fingerprint density at radius 2 is 2.08 bits per heavy atom. The molecule has 7 heteroatoms. The summed E-state index contributed by atoms with van der Waals surface area (Å²) in [6.07, 6.45) is 1.64. The summed E-state index contributed by atoms with van der Waals surface area (Å²) in [4.78, 5) is 14.2. The number of hydrogen-bond acceptors (Lipinski definition) is 3. The number of hydrogen-bond donors (Lipinski definition) is 1. The first-order chi connectivity index (χ1) is 11.3. The Hall–Kier alpha value is -1.92. The van der Waals surface area contributed by atoms with Crippen LogP contribution in [-0.2, 0) is 11.3 Å². The zero-order valence-corrected chi connectivity index (χ0v) is 15.0. The number of rotatable bonds is 6. The van der Waals surface area contributed by atoms with E-state index in [9.17, 15) is 9.18 Å². The summed E-state index contributed by atoms with van der Waals surface area (Å²) in [5.74, 6) is 0.0754. The van der Waals surface area contributed by atoms with E-state index in [1.54, 1.807) is 47.9 Å². The fourth-order valence-electron chi connectivity index (χ4n) is 2.33. The predicted octanol–water partition coefficient (Wildman–Crippen LogP) is 3.72. The lowest BCUT2D eigenvalue weighted by molar-refractivity contribution is -0.120. The maximum atomic E-state index is 13.9. The Morgan fingerprint density at radius 3 is 2.71 bits per heavy atom. The van der Waals surface area contributed by atoms with Crippen molar-refractivity contribution in [2.45, 2.75) is 39.4 Å². The van der Waals surface area contributed by atoms with Crippen LogP contribution in [0, 0.1) is 5.82 Å². The molecule has 0 aliphatic carbocycles. The van der Waals surface area contributed by atoms with Crippen molar-refractivity contribution in [3.63, 3.8) is 0 Å². The SMILES string of the molecule is CC(C)n1nccc1NC(=O)[C@@H](C)N(C)Cc1c(F)cccc1Cl. The third-order valence-electron chi connectivity index (χ3n) is 3.92. The zero-order chi connectivity index (χ0) is 17.9. The van der Waals surface area contributed by atoms with Crippen molar-refractivity contribution in [2.24, 2.45) is 0 Å². The van der Waals surface area contributed by atoms with Crippen molar-refractivity contribution in [1.82, 2.24) is 14.7 Å². The molecule has 0 fully saturated rings. The quantitative estimate of drug-likeness (QED) is 0.862. The standard InChI is InChI=1S/C17H22ClFN4O/c1-11(2)23-16(8-9-20-23)21-17(24)12(3)22(4)10-13-14(18)6-5-7-15(13)19/h5-9,11-12H,10H2,1-4H3,(H,21,24)/t12-/m1/s1. The highest BCUT2D eigenvalue weighted by molar-refractivity contribution is 6.31. The first-order valence-corrected chi connectivity index (χ1v) is 8.16. The number of nitrogens with one attached hydrogen (secondary N) is 1. The molecular formula is C17H22ClFN4O. The highest BCUT2D eigenvalue weighted by Crippen LogP contribution is 2.21. The molecule has 1 atom stereocenters. The van der Waals surface area contributed by atoms with Crippen molar-refractivity contribution >= 4 is 23.3 Å². The van der Waals surface area contributed by atoms with Gasteiger partial charge in [0.05, 0.1) is 12.2 Å². The van der Waals surface area contributed by atoms with Crippen molar-refractivity contribution in [2.75, 3.05) is 12.4 Å². The van der Waals surface area contributed by atoms with E-state index in [-0.39, 0.29) is 24.3 Å². The Morgan fingerprint density at radius 1 is 1.38 bits per heavy atom. The summed E-state index contributed by atoms with van der Waals surface area (Å²) in [6.45, 7) is 5.97. The van der Waals surface area contributed by atoms with Crippen molar-refractivity contribution < 1.29 is 9.18 Å². The number of anilines is 1. The number of nitrogens with zero attached hydrogens (tertiary/aromatic N) is 3. The number of amides is 1. The van der Waals surface area contributed by atoms with Gasteiger partial charge in [-0.05, 0) is 40.0 Å². The summed E-state index contributed by atoms with van der Waals surface area (Å²) in [6, 6.07) is 5.99. The second-order valence-corrected chi connectivity index (χ2v) is 6.44. The number of carbonyl (C=O) groups is 1. The first kappa shape index (κ1) is 18.4. The lowest BCUT2D eigenvalue weighted by Crippen LogP contribution is -2.39. The van der Waals surface area contributed by atoms with Crippen LogP contribution in [0.25, 0.3) is 0 Å². The second kappa shape index (κ2) is 7.77. The van der Waals surface area contributed by atoms with Crippen LogP contribution in [0.4, 0.5) is 10.2 Å². The predicted molar refractivity (Wildman–Crippen MR) is 93.6 cm³/mol. The number of likely N-dealkylation sites (N-methyl/N-ethyl adjacent to an activating group) is 1. The van der Waals surface area contributed by atoms with Gasteiger partial charge in [-0.2, -0.15) is 5.10 Å². The molecule has 1 amide bonds. The van der Waals surface area contributed by atoms with Gasteiger partial charge in [0, 0.05) is 29.2 Å². The van der Waals surface area contributed by atoms with Crippen LogP contribution in [0.5, 0.6) is 0 Å². The molecule has 1 aromatic heterocycles. The van der Waals surface area contributed by atoms with Gasteiger partial charge in [-0.3, -0.25) is 9.69 Å². The minimum Gasteiger partial charge on any atom is -0.310 e. The van der Waals surface area contributed by atoms with Gasteiger partial charge in [0.2, 0.25) is 5.91 Å². The number of aromatic nitrogens is 2. The van der Waals surface area contributed by atoms with Gasteiger partial charge in [0.1, 0.15) is 11.6 Å². The third-order valence-corrected chi connectivity index (χ3v) is 4.27. The molecule has 24 heavy (non-hydrogen) atoms. The lowest BCUT2D eigenvalue weighted by atomic mass is 10.1. The van der Waals surface area contributed by atoms with Gasteiger partial charge in [0.25, 0.3) is 0 Å². The minimum atomic E-state index is -0.462. The molecule has 0 aliphatic rings. The molecule has 0 saturated carbocycles. The van der Waals surface area contributed by atoms with Gasteiger partial charge in [-0.1, -0.05) is 17.7 Å². The Bertz CT molecular complexity index is 696. The lowest BCUT2D eigenvalue weighted by Gasteiger charge is -2.25. The smallest absolute Gasteiger partial charge is 0.242 e. The fourth-order valence-corrected chi connectivity index (χ4v) is 2.55. The van der Waals surface area contributed by atoms with E-state index in [0.717, 1.165) is 0 Å². The van der Waals surface area contributed by atoms with E-state index in [0.29, 0.717) is 16.4 Å². The van der Waals surface area contributed by atoms with Crippen LogP contribution in [0.15, 0.2) is 30.5 Å².